The zero-order valence-corrected chi connectivity index (χ0v) is 13.9. The molecule has 0 bridgehead atoms. The fourth-order valence-corrected chi connectivity index (χ4v) is 3.41. The molecule has 0 saturated heterocycles. The minimum Gasteiger partial charge on any atom is -0.508 e. The number of aromatic hydroxyl groups is 1. The average Bonchev–Trinajstić information content (AvgIpc) is 2.92. The number of rotatable bonds is 4. The number of hydrogen-bond donors (Lipinski definition) is 2. The van der Waals surface area contributed by atoms with Crippen LogP contribution < -0.4 is 5.43 Å². The van der Waals surface area contributed by atoms with E-state index in [0.29, 0.717) is 22.4 Å². The highest BCUT2D eigenvalue weighted by Gasteiger charge is 2.21. The van der Waals surface area contributed by atoms with Crippen LogP contribution in [0.2, 0.25) is 0 Å². The van der Waals surface area contributed by atoms with E-state index in [2.05, 4.69) is 4.98 Å². The van der Waals surface area contributed by atoms with Crippen molar-refractivity contribution >= 4 is 28.3 Å². The Morgan fingerprint density at radius 1 is 1.38 bits per heavy atom. The molecule has 6 nitrogen and oxygen atoms in total. The summed E-state index contributed by atoms with van der Waals surface area (Å²) in [7, 11) is 0. The van der Waals surface area contributed by atoms with E-state index in [1.807, 2.05) is 6.92 Å². The van der Waals surface area contributed by atoms with Crippen molar-refractivity contribution < 1.29 is 19.4 Å². The Labute approximate surface area is 141 Å². The molecule has 0 spiro atoms. The number of aromatic nitrogens is 1. The third-order valence-corrected chi connectivity index (χ3v) is 4.67. The van der Waals surface area contributed by atoms with Crippen molar-refractivity contribution in [1.82, 2.24) is 4.98 Å². The van der Waals surface area contributed by atoms with Gasteiger partial charge in [0.25, 0.3) is 0 Å². The first kappa shape index (κ1) is 16.2. The van der Waals surface area contributed by atoms with Gasteiger partial charge in [-0.2, -0.15) is 0 Å². The number of thiazole rings is 1. The lowest BCUT2D eigenvalue weighted by atomic mass is 10.0. The van der Waals surface area contributed by atoms with E-state index >= 15 is 0 Å². The van der Waals surface area contributed by atoms with Crippen molar-refractivity contribution in [2.24, 2.45) is 0 Å². The van der Waals surface area contributed by atoms with Crippen LogP contribution in [0.15, 0.2) is 26.7 Å². The van der Waals surface area contributed by atoms with E-state index in [-0.39, 0.29) is 28.1 Å². The lowest BCUT2D eigenvalue weighted by molar-refractivity contribution is -0.136. The van der Waals surface area contributed by atoms with Gasteiger partial charge in [-0.15, -0.1) is 11.3 Å². The van der Waals surface area contributed by atoms with Crippen LogP contribution in [-0.4, -0.2) is 21.2 Å². The number of aryl methyl sites for hydroxylation is 2. The van der Waals surface area contributed by atoms with Gasteiger partial charge < -0.3 is 14.6 Å². The van der Waals surface area contributed by atoms with Gasteiger partial charge in [0.15, 0.2) is 0 Å². The molecule has 24 heavy (non-hydrogen) atoms. The molecular weight excluding hydrogens is 330 g/mol. The molecule has 2 N–H and O–H groups in total. The van der Waals surface area contributed by atoms with Gasteiger partial charge in [-0.1, -0.05) is 6.92 Å². The molecule has 2 heterocycles. The Kier molecular flexibility index (Phi) is 4.11. The quantitative estimate of drug-likeness (QED) is 0.753. The van der Waals surface area contributed by atoms with Crippen LogP contribution in [0.1, 0.15) is 23.9 Å². The van der Waals surface area contributed by atoms with Crippen molar-refractivity contribution in [3.63, 3.8) is 0 Å². The van der Waals surface area contributed by atoms with E-state index in [1.54, 1.807) is 18.4 Å². The predicted molar refractivity (Wildman–Crippen MR) is 90.7 cm³/mol. The lowest BCUT2D eigenvalue weighted by Gasteiger charge is -2.09. The summed E-state index contributed by atoms with van der Waals surface area (Å²) in [6.07, 6.45) is 0.124. The standard InChI is InChI=1S/C17H15NO5S/c1-3-9-4-10-12(5-11(9)19)23-13(6-14(20)21)15(16(10)22)17-18-8(2)7-24-17/h4-5,7,19H,3,6H2,1-2H3,(H,20,21). The molecule has 0 saturated carbocycles. The maximum Gasteiger partial charge on any atom is 0.311 e. The van der Waals surface area contributed by atoms with Crippen molar-refractivity contribution in [2.45, 2.75) is 26.7 Å². The molecule has 0 fully saturated rings. The number of hydrogen-bond acceptors (Lipinski definition) is 6. The number of carbonyl (C=O) groups is 1. The largest absolute Gasteiger partial charge is 0.508 e. The first-order valence-corrected chi connectivity index (χ1v) is 8.24. The second-order valence-corrected chi connectivity index (χ2v) is 6.28. The Bertz CT molecular complexity index is 1000. The fourth-order valence-electron chi connectivity index (χ4n) is 2.55. The van der Waals surface area contributed by atoms with Gasteiger partial charge >= 0.3 is 5.97 Å². The molecule has 0 amide bonds. The molecule has 3 aromatic rings. The maximum absolute atomic E-state index is 13.0. The first-order valence-electron chi connectivity index (χ1n) is 7.36. The molecule has 0 aliphatic heterocycles. The van der Waals surface area contributed by atoms with Crippen molar-refractivity contribution in [3.05, 3.63) is 44.8 Å². The monoisotopic (exact) mass is 345 g/mol. The van der Waals surface area contributed by atoms with Gasteiger partial charge in [0, 0.05) is 17.1 Å². The number of benzene rings is 1. The maximum atomic E-state index is 13.0. The van der Waals surface area contributed by atoms with Crippen molar-refractivity contribution in [2.75, 3.05) is 0 Å². The highest BCUT2D eigenvalue weighted by Crippen LogP contribution is 2.30. The summed E-state index contributed by atoms with van der Waals surface area (Å²) >= 11 is 1.27. The lowest BCUT2D eigenvalue weighted by Crippen LogP contribution is -2.12. The average molecular weight is 345 g/mol. The summed E-state index contributed by atoms with van der Waals surface area (Å²) in [5, 5.41) is 21.6. The summed E-state index contributed by atoms with van der Waals surface area (Å²) in [6, 6.07) is 2.95. The van der Waals surface area contributed by atoms with Gasteiger partial charge in [0.1, 0.15) is 28.5 Å². The SMILES string of the molecule is CCc1cc2c(=O)c(-c3nc(C)cs3)c(CC(=O)O)oc2cc1O. The summed E-state index contributed by atoms with van der Waals surface area (Å²) in [5.74, 6) is -1.05. The van der Waals surface area contributed by atoms with Crippen LogP contribution in [0, 0.1) is 6.92 Å². The van der Waals surface area contributed by atoms with Gasteiger partial charge in [0.2, 0.25) is 5.43 Å². The number of nitrogens with zero attached hydrogens (tertiary/aromatic N) is 1. The van der Waals surface area contributed by atoms with Gasteiger partial charge in [0.05, 0.1) is 10.9 Å². The normalized spacial score (nSPS) is 11.1. The van der Waals surface area contributed by atoms with Crippen LogP contribution in [0.5, 0.6) is 5.75 Å². The molecular formula is C17H15NO5S. The van der Waals surface area contributed by atoms with Crippen LogP contribution in [-0.2, 0) is 17.6 Å². The number of carboxylic acids is 1. The Hall–Kier alpha value is -2.67. The third-order valence-electron chi connectivity index (χ3n) is 3.69. The van der Waals surface area contributed by atoms with Crippen LogP contribution >= 0.6 is 11.3 Å². The second kappa shape index (κ2) is 6.09. The molecule has 0 unspecified atom stereocenters. The topological polar surface area (TPSA) is 101 Å². The molecule has 124 valence electrons. The fraction of sp³-hybridized carbons (Fsp3) is 0.235. The molecule has 0 aliphatic carbocycles. The van der Waals surface area contributed by atoms with Crippen molar-refractivity contribution in [3.8, 4) is 16.3 Å². The zero-order chi connectivity index (χ0) is 17.4. The van der Waals surface area contributed by atoms with E-state index < -0.39 is 12.4 Å². The second-order valence-electron chi connectivity index (χ2n) is 5.42. The third kappa shape index (κ3) is 2.78. The van der Waals surface area contributed by atoms with E-state index in [0.717, 1.165) is 5.69 Å². The number of phenolic OH excluding ortho intramolecular Hbond substituents is 1. The summed E-state index contributed by atoms with van der Waals surface area (Å²) in [4.78, 5) is 28.4. The molecule has 1 aromatic carbocycles. The number of fused-ring (bicyclic) bond motifs is 1. The van der Waals surface area contributed by atoms with Gasteiger partial charge in [-0.05, 0) is 25.0 Å². The molecule has 7 heteroatoms. The number of phenols is 1. The summed E-state index contributed by atoms with van der Waals surface area (Å²) in [6.45, 7) is 3.67. The Morgan fingerprint density at radius 3 is 2.71 bits per heavy atom. The molecule has 0 radical (unpaired) electrons. The van der Waals surface area contributed by atoms with E-state index in [4.69, 9.17) is 9.52 Å². The molecule has 3 rings (SSSR count). The first-order chi connectivity index (χ1) is 11.4. The molecule has 0 atom stereocenters. The van der Waals surface area contributed by atoms with E-state index in [1.165, 1.54) is 17.4 Å². The number of aliphatic carboxylic acids is 1. The predicted octanol–water partition coefficient (Wildman–Crippen LogP) is 3.12. The molecule has 0 aliphatic rings. The van der Waals surface area contributed by atoms with Crippen LogP contribution in [0.25, 0.3) is 21.5 Å². The van der Waals surface area contributed by atoms with Crippen molar-refractivity contribution in [1.29, 1.82) is 0 Å². The van der Waals surface area contributed by atoms with Gasteiger partial charge in [-0.25, -0.2) is 4.98 Å². The van der Waals surface area contributed by atoms with Gasteiger partial charge in [-0.3, -0.25) is 9.59 Å². The summed E-state index contributed by atoms with van der Waals surface area (Å²) in [5.41, 5.74) is 1.38. The number of carboxylic acid groups (broad SMARTS) is 1. The minimum atomic E-state index is -1.11. The van der Waals surface area contributed by atoms with Crippen LogP contribution in [0.4, 0.5) is 0 Å². The summed E-state index contributed by atoms with van der Waals surface area (Å²) < 4.78 is 5.65. The highest BCUT2D eigenvalue weighted by molar-refractivity contribution is 7.13. The minimum absolute atomic E-state index is 0.0206. The van der Waals surface area contributed by atoms with E-state index in [9.17, 15) is 14.7 Å². The Balaban J connectivity index is 2.38. The Morgan fingerprint density at radius 2 is 2.12 bits per heavy atom. The zero-order valence-electron chi connectivity index (χ0n) is 13.1. The molecule has 2 aromatic heterocycles. The highest BCUT2D eigenvalue weighted by atomic mass is 32.1. The van der Waals surface area contributed by atoms with Crippen LogP contribution in [0.3, 0.4) is 0 Å². The smallest absolute Gasteiger partial charge is 0.311 e.